The number of hydrogen-bond donors (Lipinski definition) is 1. The molecule has 0 radical (unpaired) electrons. The molecule has 0 spiro atoms. The summed E-state index contributed by atoms with van der Waals surface area (Å²) in [5, 5.41) is 11.5. The van der Waals surface area contributed by atoms with Crippen LogP contribution in [0.2, 0.25) is 0 Å². The first kappa shape index (κ1) is 27.2. The highest BCUT2D eigenvalue weighted by atomic mass is 16.5. The van der Waals surface area contributed by atoms with Crippen LogP contribution in [0.25, 0.3) is 5.76 Å². The molecule has 0 saturated carbocycles. The van der Waals surface area contributed by atoms with Gasteiger partial charge in [-0.1, -0.05) is 25.8 Å². The lowest BCUT2D eigenvalue weighted by molar-refractivity contribution is -0.140. The smallest absolute Gasteiger partial charge is 0.295 e. The van der Waals surface area contributed by atoms with Gasteiger partial charge in [-0.15, -0.1) is 0 Å². The maximum absolute atomic E-state index is 13.5. The summed E-state index contributed by atoms with van der Waals surface area (Å²) in [5.74, 6) is 0.203. The van der Waals surface area contributed by atoms with Crippen molar-refractivity contribution in [3.05, 3.63) is 88.8 Å². The molecule has 0 aliphatic carbocycles. The SMILES string of the molecule is CCCCCOc1ccc(C2/C(=C(/O)c3ccc4c(c3)CC(C)O4)C(=O)C(=O)N2Cc2ccncc2)cc1OC. The standard InChI is InChI=1S/C32H34N2O6/c1-4-5-6-15-39-26-10-7-22(18-27(26)38-3)29-28(30(35)23-8-9-25-24(17-23)16-20(2)40-25)31(36)32(37)34(29)19-21-11-13-33-14-12-21/h7-14,17-18,20,29,35H,4-6,15-16,19H2,1-3H3/b30-28-. The van der Waals surface area contributed by atoms with Gasteiger partial charge in [0.2, 0.25) is 0 Å². The Morgan fingerprint density at radius 2 is 1.88 bits per heavy atom. The largest absolute Gasteiger partial charge is 0.507 e. The van der Waals surface area contributed by atoms with Crippen LogP contribution in [0.15, 0.2) is 66.5 Å². The summed E-state index contributed by atoms with van der Waals surface area (Å²) < 4.78 is 17.4. The topological polar surface area (TPSA) is 98.2 Å². The van der Waals surface area contributed by atoms with Gasteiger partial charge in [0, 0.05) is 30.9 Å². The predicted molar refractivity (Wildman–Crippen MR) is 150 cm³/mol. The number of amides is 1. The average molecular weight is 543 g/mol. The Kier molecular flexibility index (Phi) is 8.05. The molecule has 2 aromatic carbocycles. The minimum atomic E-state index is -0.834. The van der Waals surface area contributed by atoms with Crippen LogP contribution < -0.4 is 14.2 Å². The van der Waals surface area contributed by atoms with Crippen molar-refractivity contribution in [2.75, 3.05) is 13.7 Å². The van der Waals surface area contributed by atoms with Crippen molar-refractivity contribution in [1.82, 2.24) is 9.88 Å². The second-order valence-electron chi connectivity index (χ2n) is 10.2. The van der Waals surface area contributed by atoms with Gasteiger partial charge in [0.05, 0.1) is 25.3 Å². The van der Waals surface area contributed by atoms with Crippen LogP contribution in [0.3, 0.4) is 0 Å². The summed E-state index contributed by atoms with van der Waals surface area (Å²) in [7, 11) is 1.56. The molecule has 1 amide bonds. The summed E-state index contributed by atoms with van der Waals surface area (Å²) in [6.07, 6.45) is 7.10. The van der Waals surface area contributed by atoms with Crippen LogP contribution in [-0.4, -0.2) is 46.5 Å². The number of carbonyl (C=O) groups is 2. The van der Waals surface area contributed by atoms with E-state index < -0.39 is 17.7 Å². The Morgan fingerprint density at radius 1 is 1.07 bits per heavy atom. The maximum Gasteiger partial charge on any atom is 0.295 e. The Bertz CT molecular complexity index is 1430. The Labute approximate surface area is 234 Å². The number of unbranched alkanes of at least 4 members (excludes halogenated alkanes) is 2. The van der Waals surface area contributed by atoms with E-state index in [1.165, 1.54) is 4.90 Å². The highest BCUT2D eigenvalue weighted by Crippen LogP contribution is 2.43. The van der Waals surface area contributed by atoms with Crippen molar-refractivity contribution in [3.63, 3.8) is 0 Å². The van der Waals surface area contributed by atoms with E-state index in [1.54, 1.807) is 55.9 Å². The van der Waals surface area contributed by atoms with E-state index in [1.807, 2.05) is 19.1 Å². The predicted octanol–water partition coefficient (Wildman–Crippen LogP) is 5.60. The molecule has 2 aliphatic rings. The van der Waals surface area contributed by atoms with Crippen LogP contribution in [0.5, 0.6) is 17.2 Å². The van der Waals surface area contributed by atoms with E-state index in [-0.39, 0.29) is 24.0 Å². The number of aliphatic hydroxyl groups is 1. The molecule has 1 fully saturated rings. The van der Waals surface area contributed by atoms with Crippen LogP contribution >= 0.6 is 0 Å². The molecule has 1 saturated heterocycles. The summed E-state index contributed by atoms with van der Waals surface area (Å²) >= 11 is 0. The molecule has 1 aromatic heterocycles. The number of pyridine rings is 1. The molecule has 8 nitrogen and oxygen atoms in total. The zero-order valence-corrected chi connectivity index (χ0v) is 23.1. The lowest BCUT2D eigenvalue weighted by Gasteiger charge is -2.26. The Balaban J connectivity index is 1.58. The second kappa shape index (κ2) is 11.8. The van der Waals surface area contributed by atoms with Crippen molar-refractivity contribution in [1.29, 1.82) is 0 Å². The molecule has 40 heavy (non-hydrogen) atoms. The monoisotopic (exact) mass is 542 g/mol. The van der Waals surface area contributed by atoms with Gasteiger partial charge >= 0.3 is 0 Å². The number of carbonyl (C=O) groups excluding carboxylic acids is 2. The number of aromatic nitrogens is 1. The van der Waals surface area contributed by atoms with E-state index in [2.05, 4.69) is 11.9 Å². The number of methoxy groups -OCH3 is 1. The van der Waals surface area contributed by atoms with E-state index in [0.717, 1.165) is 36.1 Å². The van der Waals surface area contributed by atoms with Crippen molar-refractivity contribution < 1.29 is 28.9 Å². The molecular formula is C32H34N2O6. The molecule has 5 rings (SSSR count). The van der Waals surface area contributed by atoms with Gasteiger partial charge in [0.25, 0.3) is 11.7 Å². The van der Waals surface area contributed by atoms with Gasteiger partial charge in [-0.25, -0.2) is 0 Å². The van der Waals surface area contributed by atoms with Crippen LogP contribution in [-0.2, 0) is 22.6 Å². The molecule has 3 heterocycles. The number of nitrogens with zero attached hydrogens (tertiary/aromatic N) is 2. The lowest BCUT2D eigenvalue weighted by Crippen LogP contribution is -2.29. The molecule has 8 heteroatoms. The number of Topliss-reactive ketones (excluding diaryl/α,β-unsaturated/α-hetero) is 1. The number of fused-ring (bicyclic) bond motifs is 1. The van der Waals surface area contributed by atoms with E-state index in [0.29, 0.717) is 35.7 Å². The van der Waals surface area contributed by atoms with E-state index in [4.69, 9.17) is 14.2 Å². The van der Waals surface area contributed by atoms with E-state index >= 15 is 0 Å². The average Bonchev–Trinajstić information content (AvgIpc) is 3.46. The van der Waals surface area contributed by atoms with Crippen molar-refractivity contribution >= 4 is 17.4 Å². The van der Waals surface area contributed by atoms with Crippen molar-refractivity contribution in [2.45, 2.75) is 58.2 Å². The minimum Gasteiger partial charge on any atom is -0.507 e. The molecule has 2 atom stereocenters. The third-order valence-corrected chi connectivity index (χ3v) is 7.32. The van der Waals surface area contributed by atoms with Crippen molar-refractivity contribution in [3.8, 4) is 17.2 Å². The number of benzene rings is 2. The first-order valence-corrected chi connectivity index (χ1v) is 13.7. The molecule has 0 bridgehead atoms. The fraction of sp³-hybridized carbons (Fsp3) is 0.344. The number of aliphatic hydroxyl groups excluding tert-OH is 1. The fourth-order valence-corrected chi connectivity index (χ4v) is 5.31. The number of ketones is 1. The zero-order chi connectivity index (χ0) is 28.2. The number of hydrogen-bond acceptors (Lipinski definition) is 7. The number of ether oxygens (including phenoxy) is 3. The fourth-order valence-electron chi connectivity index (χ4n) is 5.31. The molecular weight excluding hydrogens is 508 g/mol. The third kappa shape index (κ3) is 5.39. The lowest BCUT2D eigenvalue weighted by atomic mass is 9.94. The Hall–Kier alpha value is -4.33. The van der Waals surface area contributed by atoms with Gasteiger partial charge in [0.15, 0.2) is 11.5 Å². The number of rotatable bonds is 10. The third-order valence-electron chi connectivity index (χ3n) is 7.32. The molecule has 1 N–H and O–H groups in total. The summed E-state index contributed by atoms with van der Waals surface area (Å²) in [6.45, 7) is 4.84. The number of likely N-dealkylation sites (tertiary alicyclic amines) is 1. The summed E-state index contributed by atoms with van der Waals surface area (Å²) in [6, 6.07) is 13.5. The van der Waals surface area contributed by atoms with Gasteiger partial charge in [-0.2, -0.15) is 0 Å². The zero-order valence-electron chi connectivity index (χ0n) is 23.1. The Morgan fingerprint density at radius 3 is 2.62 bits per heavy atom. The quantitative estimate of drug-likeness (QED) is 0.154. The molecule has 2 aliphatic heterocycles. The first-order valence-electron chi connectivity index (χ1n) is 13.7. The summed E-state index contributed by atoms with van der Waals surface area (Å²) in [4.78, 5) is 32.5. The van der Waals surface area contributed by atoms with Crippen LogP contribution in [0.4, 0.5) is 0 Å². The summed E-state index contributed by atoms with van der Waals surface area (Å²) in [5.41, 5.74) is 2.89. The first-order chi connectivity index (χ1) is 19.4. The van der Waals surface area contributed by atoms with Gasteiger partial charge < -0.3 is 24.2 Å². The second-order valence-corrected chi connectivity index (χ2v) is 10.2. The van der Waals surface area contributed by atoms with Crippen molar-refractivity contribution in [2.24, 2.45) is 0 Å². The maximum atomic E-state index is 13.5. The van der Waals surface area contributed by atoms with Crippen LogP contribution in [0, 0.1) is 0 Å². The van der Waals surface area contributed by atoms with Gasteiger partial charge in [-0.05, 0) is 72.5 Å². The van der Waals surface area contributed by atoms with Gasteiger partial charge in [0.1, 0.15) is 17.6 Å². The molecule has 3 aromatic rings. The highest BCUT2D eigenvalue weighted by Gasteiger charge is 2.46. The molecule has 2 unspecified atom stereocenters. The minimum absolute atomic E-state index is 0.0321. The van der Waals surface area contributed by atoms with E-state index in [9.17, 15) is 14.7 Å². The van der Waals surface area contributed by atoms with Gasteiger partial charge in [-0.3, -0.25) is 14.6 Å². The van der Waals surface area contributed by atoms with Crippen LogP contribution in [0.1, 0.15) is 61.4 Å². The molecule has 208 valence electrons. The normalized spacial score (nSPS) is 19.4. The highest BCUT2D eigenvalue weighted by molar-refractivity contribution is 6.46.